The first kappa shape index (κ1) is 24.1. The van der Waals surface area contributed by atoms with Crippen LogP contribution >= 0.6 is 8.18 Å². The van der Waals surface area contributed by atoms with E-state index in [9.17, 15) is 28.4 Å². The Morgan fingerprint density at radius 3 is 2.57 bits per heavy atom. The molecule has 0 amide bonds. The molecule has 0 fully saturated rings. The molecule has 0 spiro atoms. The number of rotatable bonds is 11. The van der Waals surface area contributed by atoms with Gasteiger partial charge in [0.05, 0.1) is 6.10 Å². The first-order chi connectivity index (χ1) is 13.1. The quantitative estimate of drug-likeness (QED) is 0.329. The van der Waals surface area contributed by atoms with Crippen LogP contribution in [0.5, 0.6) is 0 Å². The van der Waals surface area contributed by atoms with E-state index in [4.69, 9.17) is 14.0 Å². The van der Waals surface area contributed by atoms with Gasteiger partial charge in [-0.3, -0.25) is 19.1 Å². The van der Waals surface area contributed by atoms with Crippen LogP contribution in [0.15, 0.2) is 21.9 Å². The number of ether oxygens (including phenoxy) is 2. The number of esters is 1. The second kappa shape index (κ2) is 11.1. The lowest BCUT2D eigenvalue weighted by atomic mass is 10.2. The van der Waals surface area contributed by atoms with Crippen LogP contribution < -0.4 is 16.3 Å². The molecule has 1 aromatic heterocycles. The van der Waals surface area contributed by atoms with Crippen LogP contribution in [0, 0.1) is 0 Å². The van der Waals surface area contributed by atoms with Crippen LogP contribution in [0.1, 0.15) is 27.1 Å². The molecule has 0 aromatic carbocycles. The van der Waals surface area contributed by atoms with Gasteiger partial charge in [0.25, 0.3) is 5.56 Å². The Bertz CT molecular complexity index is 783. The highest BCUT2D eigenvalue weighted by atomic mass is 31.1. The van der Waals surface area contributed by atoms with Crippen LogP contribution in [0.2, 0.25) is 0 Å². The number of aliphatic hydroxyl groups is 1. The van der Waals surface area contributed by atoms with Gasteiger partial charge in [0.2, 0.25) is 6.30 Å². The van der Waals surface area contributed by atoms with Gasteiger partial charge >= 0.3 is 19.8 Å². The van der Waals surface area contributed by atoms with Crippen LogP contribution in [-0.4, -0.2) is 58.7 Å². The smallest absolute Gasteiger partial charge is 0.462 e. The minimum absolute atomic E-state index is 0.346. The minimum Gasteiger partial charge on any atom is -0.462 e. The van der Waals surface area contributed by atoms with Gasteiger partial charge in [0.1, 0.15) is 24.9 Å². The number of H-pyrrole nitrogens is 1. The van der Waals surface area contributed by atoms with Crippen molar-refractivity contribution in [1.82, 2.24) is 14.6 Å². The molecule has 11 nitrogen and oxygen atoms in total. The van der Waals surface area contributed by atoms with Crippen LogP contribution in [0.4, 0.5) is 4.39 Å². The summed E-state index contributed by atoms with van der Waals surface area (Å²) in [6.07, 6.45) is -4.90. The zero-order chi connectivity index (χ0) is 21.4. The van der Waals surface area contributed by atoms with Gasteiger partial charge in [-0.15, -0.1) is 4.52 Å². The van der Waals surface area contributed by atoms with Gasteiger partial charge in [-0.1, -0.05) is 5.09 Å². The van der Waals surface area contributed by atoms with E-state index >= 15 is 0 Å². The van der Waals surface area contributed by atoms with Gasteiger partial charge in [-0.05, 0) is 25.3 Å². The molecule has 1 heterocycles. The van der Waals surface area contributed by atoms with Crippen molar-refractivity contribution in [1.29, 1.82) is 0 Å². The third-order valence-electron chi connectivity index (χ3n) is 3.44. The molecule has 1 rings (SSSR count). The summed E-state index contributed by atoms with van der Waals surface area (Å²) in [5.74, 6) is -0.633. The number of aromatic nitrogens is 2. The number of methoxy groups -OCH3 is 1. The number of carbonyl (C=O) groups is 1. The van der Waals surface area contributed by atoms with Crippen molar-refractivity contribution >= 4 is 14.1 Å². The Morgan fingerprint density at radius 2 is 2.04 bits per heavy atom. The summed E-state index contributed by atoms with van der Waals surface area (Å²) in [5, 5.41) is 12.5. The van der Waals surface area contributed by atoms with E-state index in [1.807, 2.05) is 4.98 Å². The van der Waals surface area contributed by atoms with Gasteiger partial charge < -0.3 is 14.6 Å². The number of hydrogen-bond donors (Lipinski definition) is 3. The Kier molecular flexibility index (Phi) is 9.56. The topological polar surface area (TPSA) is 149 Å². The highest BCUT2D eigenvalue weighted by Gasteiger charge is 2.34. The number of carbonyl (C=O) groups excluding carboxylic acids is 1. The number of hydrogen-bond acceptors (Lipinski definition) is 8. The van der Waals surface area contributed by atoms with E-state index in [1.165, 1.54) is 6.92 Å². The molecule has 0 aliphatic carbocycles. The van der Waals surface area contributed by atoms with Gasteiger partial charge in [-0.25, -0.2) is 9.18 Å². The normalized spacial score (nSPS) is 16.3. The lowest BCUT2D eigenvalue weighted by Crippen LogP contribution is -2.42. The number of aliphatic hydroxyl groups excluding tert-OH is 1. The fourth-order valence-electron chi connectivity index (χ4n) is 1.99. The average Bonchev–Trinajstić information content (AvgIpc) is 2.60. The molecule has 0 radical (unpaired) electrons. The fourth-order valence-corrected chi connectivity index (χ4v) is 2.77. The van der Waals surface area contributed by atoms with Crippen molar-refractivity contribution < 1.29 is 32.9 Å². The molecule has 28 heavy (non-hydrogen) atoms. The van der Waals surface area contributed by atoms with Crippen molar-refractivity contribution in [2.75, 3.05) is 13.7 Å². The first-order valence-electron chi connectivity index (χ1n) is 8.30. The second-order valence-corrected chi connectivity index (χ2v) is 7.07. The van der Waals surface area contributed by atoms with E-state index < -0.39 is 56.5 Å². The molecule has 0 bridgehead atoms. The van der Waals surface area contributed by atoms with Gasteiger partial charge in [0.15, 0.2) is 0 Å². The highest BCUT2D eigenvalue weighted by Crippen LogP contribution is 2.22. The number of halogens is 1. The van der Waals surface area contributed by atoms with Gasteiger partial charge in [0, 0.05) is 19.4 Å². The summed E-state index contributed by atoms with van der Waals surface area (Å²) < 4.78 is 41.6. The maximum atomic E-state index is 14.4. The van der Waals surface area contributed by atoms with Crippen molar-refractivity contribution in [3.63, 3.8) is 0 Å². The summed E-state index contributed by atoms with van der Waals surface area (Å²) in [7, 11) is -1.40. The molecule has 0 aliphatic rings. The van der Waals surface area contributed by atoms with E-state index in [1.54, 1.807) is 13.8 Å². The van der Waals surface area contributed by atoms with Crippen molar-refractivity contribution in [2.24, 2.45) is 0 Å². The number of nitrogens with one attached hydrogen (secondary N) is 2. The number of aromatic amines is 1. The fraction of sp³-hybridized carbons (Fsp3) is 0.667. The summed E-state index contributed by atoms with van der Waals surface area (Å²) in [5.41, 5.74) is -1.78. The van der Waals surface area contributed by atoms with Crippen LogP contribution in [0.3, 0.4) is 0 Å². The Hall–Kier alpha value is -1.98. The van der Waals surface area contributed by atoms with Crippen molar-refractivity contribution in [3.8, 4) is 0 Å². The van der Waals surface area contributed by atoms with E-state index in [-0.39, 0.29) is 6.10 Å². The van der Waals surface area contributed by atoms with Crippen LogP contribution in [0.25, 0.3) is 0 Å². The first-order valence-corrected chi connectivity index (χ1v) is 9.47. The maximum absolute atomic E-state index is 14.4. The summed E-state index contributed by atoms with van der Waals surface area (Å²) in [6, 6.07) is -0.0112. The molecule has 2 unspecified atom stereocenters. The third-order valence-corrected chi connectivity index (χ3v) is 4.42. The zero-order valence-electron chi connectivity index (χ0n) is 15.8. The predicted molar refractivity (Wildman–Crippen MR) is 95.7 cm³/mol. The molecule has 0 saturated heterocycles. The molecular formula is C15H24FN3O8P+. The summed E-state index contributed by atoms with van der Waals surface area (Å²) >= 11 is 0. The van der Waals surface area contributed by atoms with Crippen LogP contribution in [-0.2, 0) is 23.4 Å². The second-order valence-electron chi connectivity index (χ2n) is 6.04. The molecule has 5 atom stereocenters. The highest BCUT2D eigenvalue weighted by molar-refractivity contribution is 7.36. The summed E-state index contributed by atoms with van der Waals surface area (Å²) in [6.45, 7) is 4.23. The van der Waals surface area contributed by atoms with E-state index in [2.05, 4.69) is 5.09 Å². The zero-order valence-corrected chi connectivity index (χ0v) is 16.7. The number of nitrogens with zero attached hydrogens (tertiary/aromatic N) is 1. The molecule has 158 valence electrons. The Morgan fingerprint density at radius 1 is 1.39 bits per heavy atom. The SMILES string of the molecule is COC(CO[P+](=O)N[C@@H](C)C(=O)OC(C)C)[C@@H](O)[C@@H](F)n1ccc(=O)[nH]c1=O. The lowest BCUT2D eigenvalue weighted by molar-refractivity contribution is -0.149. The lowest BCUT2D eigenvalue weighted by Gasteiger charge is -2.23. The Balaban J connectivity index is 2.65. The Labute approximate surface area is 160 Å². The monoisotopic (exact) mass is 424 g/mol. The van der Waals surface area contributed by atoms with E-state index in [0.29, 0.717) is 4.57 Å². The van der Waals surface area contributed by atoms with Crippen molar-refractivity contribution in [2.45, 2.75) is 51.4 Å². The minimum atomic E-state index is -2.55. The number of alkyl halides is 1. The molecule has 3 N–H and O–H groups in total. The molecular weight excluding hydrogens is 400 g/mol. The molecule has 0 aliphatic heterocycles. The molecule has 13 heteroatoms. The molecule has 0 saturated carbocycles. The predicted octanol–water partition coefficient (Wildman–Crippen LogP) is -0.0157. The van der Waals surface area contributed by atoms with Crippen molar-refractivity contribution in [3.05, 3.63) is 33.1 Å². The van der Waals surface area contributed by atoms with Gasteiger partial charge in [-0.2, -0.15) is 0 Å². The largest absolute Gasteiger partial charge is 0.613 e. The summed E-state index contributed by atoms with van der Waals surface area (Å²) in [4.78, 5) is 36.1. The van der Waals surface area contributed by atoms with E-state index in [0.717, 1.165) is 19.4 Å². The standard InChI is InChI=1S/C15H23FN3O8P/c1-8(2)27-14(22)9(3)18-28(24)26-7-10(25-4)12(21)13(16)19-6-5-11(20)17-15(19)23/h5-6,8-10,12-13,21H,7H2,1-4H3,(H-,17,18,20,23,24)/p+1/t9-,10?,12+,13-/m0/s1. The third kappa shape index (κ3) is 7.21. The molecule has 1 aromatic rings. The average molecular weight is 424 g/mol. The maximum Gasteiger partial charge on any atom is 0.613 e.